The van der Waals surface area contributed by atoms with Crippen molar-refractivity contribution in [2.75, 3.05) is 33.0 Å². The normalized spacial score (nSPS) is 23.2. The highest BCUT2D eigenvalue weighted by molar-refractivity contribution is 6.77. The first-order valence-corrected chi connectivity index (χ1v) is 41.2. The van der Waals surface area contributed by atoms with Gasteiger partial charge >= 0.3 is 29.8 Å². The Labute approximate surface area is 644 Å². The zero-order valence-electron chi connectivity index (χ0n) is 61.7. The molecule has 0 bridgehead atoms. The molecule has 0 aliphatic heterocycles. The minimum atomic E-state index is -1.12. The molecule has 0 heterocycles. The molecular weight excluding hydrogens is 1420 g/mol. The first kappa shape index (κ1) is 55.0. The van der Waals surface area contributed by atoms with Gasteiger partial charge in [0.05, 0.1) is 87.9 Å². The average Bonchev–Trinajstić information content (AvgIpc) is 1.37. The molecule has 26 aromatic carbocycles. The Balaban J connectivity index is 0.918. The van der Waals surface area contributed by atoms with Crippen molar-refractivity contribution in [3.8, 4) is 0 Å². The standard InChI is InChI=1S/C105H46O10/c1-6-111-96(106)31-11-21-36(22-12-31)101-81-71-61-51-46-41-42-44-45-43(41)48-55-53(46)63(61)73-75-65(55)67-57(48)59-50(45)60-58-49(44)56-54-47(42)52(51)62-64(54)74-76-66(56)68(58)78-80-70(60)69(59)79-77(67)87-85(75)102(83(73)81,37-23-13-32(14-24-37)97(107)112-7-2)92-91(101)93-95-94(92)104(87,39-27-17-34(18-28-39)99(109)114-9-4)89(79)90(80)105(95,40-29-19-35(20-30-40)100(110)115-10-5)88(78)86(76)103(93,84(74)82(101)72(62)71)38-25-15-33(16-26-38)98(108)113-8-3/h11-30,91H,6-10H2,1-5H3. The second-order valence-corrected chi connectivity index (χ2v) is 36.1. The van der Waals surface area contributed by atoms with Gasteiger partial charge in [0.15, 0.2) is 0 Å². The minimum absolute atomic E-state index is 0.231. The summed E-state index contributed by atoms with van der Waals surface area (Å²) in [6.07, 6.45) is 0. The van der Waals surface area contributed by atoms with Crippen LogP contribution in [0.3, 0.4) is 0 Å². The lowest BCUT2D eigenvalue weighted by Crippen LogP contribution is -2.57. The van der Waals surface area contributed by atoms with E-state index in [9.17, 15) is 24.0 Å². The van der Waals surface area contributed by atoms with E-state index in [1.165, 1.54) is 293 Å². The number of carbonyl (C=O) groups is 5. The number of allylic oxidation sites excluding steroid dienone is 4. The first-order valence-electron chi connectivity index (χ1n) is 41.2. The second kappa shape index (κ2) is 15.1. The van der Waals surface area contributed by atoms with Crippen molar-refractivity contribution in [3.63, 3.8) is 0 Å². The summed E-state index contributed by atoms with van der Waals surface area (Å²) in [6, 6.07) is 44.1. The number of rotatable bonds is 15. The van der Waals surface area contributed by atoms with Crippen molar-refractivity contribution >= 4 is 245 Å². The third-order valence-electron chi connectivity index (χ3n) is 33.8. The van der Waals surface area contributed by atoms with E-state index in [-0.39, 0.29) is 62.9 Å². The van der Waals surface area contributed by atoms with Gasteiger partial charge in [0.2, 0.25) is 0 Å². The zero-order chi connectivity index (χ0) is 74.1. The van der Waals surface area contributed by atoms with Crippen molar-refractivity contribution in [3.05, 3.63) is 255 Å². The molecule has 0 N–H and O–H groups in total. The van der Waals surface area contributed by atoms with Crippen molar-refractivity contribution in [2.24, 2.45) is 5.92 Å². The topological polar surface area (TPSA) is 132 Å². The van der Waals surface area contributed by atoms with Gasteiger partial charge in [-0.05, 0) is 416 Å². The fourth-order valence-electron chi connectivity index (χ4n) is 32.3. The Morgan fingerprint density at radius 3 is 0.565 bits per heavy atom. The maximum atomic E-state index is 14.7. The van der Waals surface area contributed by atoms with E-state index >= 15 is 0 Å². The highest BCUT2D eigenvalue weighted by atomic mass is 16.5. The molecule has 4 atom stereocenters. The van der Waals surface area contributed by atoms with E-state index in [0.717, 1.165) is 27.8 Å². The van der Waals surface area contributed by atoms with Crippen LogP contribution < -0.4 is 0 Å². The molecule has 115 heavy (non-hydrogen) atoms. The SMILES string of the molecule is CCOC(=O)c1ccc(C23C4=C5C6C7=C4C4(c8ccc(C(=O)OCC)cc8)c8c2c2c9c3c3c%10c%11c(c%12c%13c%14c(c%15c%16c%17c(c4c4c8c8c2c2c%18c9c%10c9c%10c%11c%13c%11c%13c%14c%16c%14c%16c%17c4c4c8c2c2c(c%189)c(c%10%11)c(c%14%13)c2c4%16)C7%15c2ccc(C(=O)OCC)cc2)C%126c2ccc(C(=O)OCC)cc2)C53c2ccc(C(=O)OCC)cc2)cc1. The maximum Gasteiger partial charge on any atom is 0.338 e. The largest absolute Gasteiger partial charge is 0.462 e. The van der Waals surface area contributed by atoms with Gasteiger partial charge in [0.25, 0.3) is 0 Å². The molecule has 0 spiro atoms. The Kier molecular flexibility index (Phi) is 7.22. The van der Waals surface area contributed by atoms with Crippen LogP contribution in [0, 0.1) is 5.92 Å². The zero-order valence-corrected chi connectivity index (χ0v) is 61.7. The van der Waals surface area contributed by atoms with Crippen LogP contribution in [0.1, 0.15) is 170 Å². The Morgan fingerprint density at radius 2 is 0.365 bits per heavy atom. The number of ether oxygens (including phenoxy) is 5. The molecule has 4 unspecified atom stereocenters. The quantitative estimate of drug-likeness (QED) is 0.0555. The lowest BCUT2D eigenvalue weighted by Gasteiger charge is -2.60. The summed E-state index contributed by atoms with van der Waals surface area (Å²) in [5, 5.41) is 55.9. The Morgan fingerprint density at radius 1 is 0.209 bits per heavy atom. The summed E-state index contributed by atoms with van der Waals surface area (Å²) in [4.78, 5) is 73.4. The van der Waals surface area contributed by atoms with E-state index < -0.39 is 33.0 Å². The molecule has 526 valence electrons. The van der Waals surface area contributed by atoms with Gasteiger partial charge in [-0.15, -0.1) is 0 Å². The number of hydrogen-bond donors (Lipinski definition) is 0. The number of hydrogen-bond acceptors (Lipinski definition) is 10. The van der Waals surface area contributed by atoms with Crippen molar-refractivity contribution in [2.45, 2.75) is 61.7 Å². The van der Waals surface area contributed by atoms with Crippen molar-refractivity contribution in [1.82, 2.24) is 0 Å². The predicted molar refractivity (Wildman–Crippen MR) is 447 cm³/mol. The van der Waals surface area contributed by atoms with Gasteiger partial charge in [-0.1, -0.05) is 60.7 Å². The van der Waals surface area contributed by atoms with Crippen LogP contribution in [-0.4, -0.2) is 62.9 Å². The molecule has 37 rings (SSSR count). The molecule has 0 radical (unpaired) electrons. The monoisotopic (exact) mass is 1470 g/mol. The fourth-order valence-corrected chi connectivity index (χ4v) is 32.3. The van der Waals surface area contributed by atoms with Gasteiger partial charge < -0.3 is 23.7 Å². The molecule has 0 fully saturated rings. The van der Waals surface area contributed by atoms with Crippen LogP contribution in [0.15, 0.2) is 144 Å². The summed E-state index contributed by atoms with van der Waals surface area (Å²) in [5.41, 5.74) is 21.1. The van der Waals surface area contributed by atoms with E-state index in [1.807, 2.05) is 34.6 Å². The molecule has 11 aliphatic rings. The van der Waals surface area contributed by atoms with Crippen LogP contribution >= 0.6 is 0 Å². The molecule has 0 saturated heterocycles. The van der Waals surface area contributed by atoms with Gasteiger partial charge in [-0.25, -0.2) is 24.0 Å². The van der Waals surface area contributed by atoms with E-state index in [0.29, 0.717) is 27.8 Å². The Hall–Kier alpha value is -13.6. The van der Waals surface area contributed by atoms with Gasteiger partial charge in [0, 0.05) is 5.92 Å². The smallest absolute Gasteiger partial charge is 0.338 e. The summed E-state index contributed by atoms with van der Waals surface area (Å²) in [7, 11) is 0. The summed E-state index contributed by atoms with van der Waals surface area (Å²) in [5.74, 6) is -2.36. The number of benzene rings is 20. The van der Waals surface area contributed by atoms with E-state index in [4.69, 9.17) is 23.7 Å². The third kappa shape index (κ3) is 4.03. The molecule has 11 aliphatic carbocycles. The van der Waals surface area contributed by atoms with Crippen LogP contribution in [0.5, 0.6) is 0 Å². The molecule has 10 nitrogen and oxygen atoms in total. The van der Waals surface area contributed by atoms with E-state index in [2.05, 4.69) is 121 Å². The van der Waals surface area contributed by atoms with E-state index in [1.54, 1.807) is 0 Å². The van der Waals surface area contributed by atoms with Crippen LogP contribution in [0.25, 0.3) is 215 Å². The van der Waals surface area contributed by atoms with Crippen LogP contribution in [-0.2, 0) is 50.8 Å². The van der Waals surface area contributed by atoms with Crippen LogP contribution in [0.4, 0.5) is 0 Å². The van der Waals surface area contributed by atoms with Crippen LogP contribution in [0.2, 0.25) is 0 Å². The molecule has 26 aromatic rings. The summed E-state index contributed by atoms with van der Waals surface area (Å²) >= 11 is 0. The highest BCUT2D eigenvalue weighted by Gasteiger charge is 2.83. The Bertz CT molecular complexity index is 9080. The molecule has 0 saturated carbocycles. The third-order valence-corrected chi connectivity index (χ3v) is 33.8. The fraction of sp³-hybridized carbons (Fsp3) is 0.152. The molecular formula is C105H46O10. The summed E-state index contributed by atoms with van der Waals surface area (Å²) < 4.78 is 29.9. The number of carbonyl (C=O) groups excluding carboxylic acids is 5. The van der Waals surface area contributed by atoms with Gasteiger partial charge in [-0.3, -0.25) is 0 Å². The lowest BCUT2D eigenvalue weighted by atomic mass is 9.40. The van der Waals surface area contributed by atoms with Gasteiger partial charge in [-0.2, -0.15) is 0 Å². The van der Waals surface area contributed by atoms with Crippen molar-refractivity contribution < 1.29 is 47.7 Å². The second-order valence-electron chi connectivity index (χ2n) is 36.1. The lowest BCUT2D eigenvalue weighted by molar-refractivity contribution is 0.0516. The van der Waals surface area contributed by atoms with Crippen molar-refractivity contribution in [1.29, 1.82) is 0 Å². The highest BCUT2D eigenvalue weighted by Crippen LogP contribution is 2.93. The summed E-state index contributed by atoms with van der Waals surface area (Å²) in [6.45, 7) is 10.5. The average molecular weight is 1470 g/mol. The molecule has 0 amide bonds. The first-order chi connectivity index (χ1) is 56.6. The molecule has 10 heteroatoms. The number of esters is 5. The predicted octanol–water partition coefficient (Wildman–Crippen LogP) is 22.0. The minimum Gasteiger partial charge on any atom is -0.462 e. The molecule has 0 aromatic heterocycles. The maximum absolute atomic E-state index is 14.7. The van der Waals surface area contributed by atoms with Gasteiger partial charge in [0.1, 0.15) is 0 Å².